The van der Waals surface area contributed by atoms with Crippen LogP contribution in [0.3, 0.4) is 0 Å². The van der Waals surface area contributed by atoms with Crippen LogP contribution in [0.5, 0.6) is 0 Å². The second-order valence-electron chi connectivity index (χ2n) is 4.24. The zero-order chi connectivity index (χ0) is 10.5. The highest BCUT2D eigenvalue weighted by atomic mass is 16.4. The number of nitrogens with zero attached hydrogens (tertiary/aromatic N) is 1. The molecule has 0 aromatic carbocycles. The Hall–Kier alpha value is -0.570. The van der Waals surface area contributed by atoms with Crippen molar-refractivity contribution in [3.63, 3.8) is 0 Å². The Morgan fingerprint density at radius 2 is 1.92 bits per heavy atom. The fourth-order valence-corrected chi connectivity index (χ4v) is 1.07. The highest BCUT2D eigenvalue weighted by Gasteiger charge is 2.26. The molecule has 13 heavy (non-hydrogen) atoms. The molecule has 0 heterocycles. The number of hydrogen-bond acceptors (Lipinski definition) is 2. The quantitative estimate of drug-likeness (QED) is 0.689. The maximum Gasteiger partial charge on any atom is 0.309 e. The average molecular weight is 187 g/mol. The maximum atomic E-state index is 10.8. The summed E-state index contributed by atoms with van der Waals surface area (Å²) in [7, 11) is 2.03. The molecular formula is C10H21NO2. The molecule has 1 N–H and O–H groups in total. The van der Waals surface area contributed by atoms with Crippen LogP contribution in [0.25, 0.3) is 0 Å². The number of hydrogen-bond donors (Lipinski definition) is 1. The van der Waals surface area contributed by atoms with Gasteiger partial charge in [-0.2, -0.15) is 0 Å². The summed E-state index contributed by atoms with van der Waals surface area (Å²) in [5.74, 6) is -0.711. The van der Waals surface area contributed by atoms with Crippen LogP contribution in [0.4, 0.5) is 0 Å². The van der Waals surface area contributed by atoms with E-state index in [1.807, 2.05) is 7.05 Å². The summed E-state index contributed by atoms with van der Waals surface area (Å²) in [4.78, 5) is 12.9. The summed E-state index contributed by atoms with van der Waals surface area (Å²) in [6, 6.07) is 0. The van der Waals surface area contributed by atoms with Gasteiger partial charge in [0.2, 0.25) is 0 Å². The van der Waals surface area contributed by atoms with Crippen LogP contribution < -0.4 is 0 Å². The van der Waals surface area contributed by atoms with E-state index in [0.717, 1.165) is 19.5 Å². The monoisotopic (exact) mass is 187 g/mol. The van der Waals surface area contributed by atoms with Gasteiger partial charge < -0.3 is 10.0 Å². The third-order valence-electron chi connectivity index (χ3n) is 2.30. The van der Waals surface area contributed by atoms with Gasteiger partial charge in [-0.05, 0) is 46.8 Å². The molecule has 0 spiro atoms. The van der Waals surface area contributed by atoms with Crippen LogP contribution in [-0.4, -0.2) is 36.1 Å². The third-order valence-corrected chi connectivity index (χ3v) is 2.30. The molecule has 0 aromatic rings. The Morgan fingerprint density at radius 1 is 1.38 bits per heavy atom. The topological polar surface area (TPSA) is 40.5 Å². The second-order valence-corrected chi connectivity index (χ2v) is 4.24. The van der Waals surface area contributed by atoms with Crippen molar-refractivity contribution in [2.75, 3.05) is 20.1 Å². The fraction of sp³-hybridized carbons (Fsp3) is 0.900. The Bertz CT molecular complexity index is 166. The van der Waals surface area contributed by atoms with Gasteiger partial charge in [0.05, 0.1) is 5.41 Å². The molecule has 0 saturated heterocycles. The molecule has 0 saturated carbocycles. The minimum absolute atomic E-state index is 0.595. The molecule has 0 radical (unpaired) electrons. The van der Waals surface area contributed by atoms with E-state index in [-0.39, 0.29) is 0 Å². The first-order valence-corrected chi connectivity index (χ1v) is 4.82. The SMILES string of the molecule is CCCN(C)CCC(C)(C)C(=O)O. The van der Waals surface area contributed by atoms with Gasteiger partial charge in [-0.3, -0.25) is 4.79 Å². The minimum Gasteiger partial charge on any atom is -0.481 e. The molecule has 0 rings (SSSR count). The van der Waals surface area contributed by atoms with Gasteiger partial charge in [-0.1, -0.05) is 6.92 Å². The van der Waals surface area contributed by atoms with E-state index in [2.05, 4.69) is 11.8 Å². The highest BCUT2D eigenvalue weighted by Crippen LogP contribution is 2.20. The van der Waals surface area contributed by atoms with Crippen LogP contribution in [0, 0.1) is 5.41 Å². The summed E-state index contributed by atoms with van der Waals surface area (Å²) >= 11 is 0. The van der Waals surface area contributed by atoms with Crippen molar-refractivity contribution in [3.8, 4) is 0 Å². The van der Waals surface area contributed by atoms with Gasteiger partial charge in [0.25, 0.3) is 0 Å². The van der Waals surface area contributed by atoms with Crippen LogP contribution in [0.2, 0.25) is 0 Å². The lowest BCUT2D eigenvalue weighted by Crippen LogP contribution is -2.30. The maximum absolute atomic E-state index is 10.8. The van der Waals surface area contributed by atoms with Crippen molar-refractivity contribution >= 4 is 5.97 Å². The zero-order valence-corrected chi connectivity index (χ0v) is 9.13. The molecule has 0 unspecified atom stereocenters. The average Bonchev–Trinajstić information content (AvgIpc) is 2.01. The van der Waals surface area contributed by atoms with Gasteiger partial charge in [0.1, 0.15) is 0 Å². The number of carbonyl (C=O) groups is 1. The lowest BCUT2D eigenvalue weighted by Gasteiger charge is -2.23. The van der Waals surface area contributed by atoms with Crippen LogP contribution in [0.15, 0.2) is 0 Å². The largest absolute Gasteiger partial charge is 0.481 e. The Balaban J connectivity index is 3.80. The molecule has 0 aliphatic carbocycles. The van der Waals surface area contributed by atoms with Crippen molar-refractivity contribution in [3.05, 3.63) is 0 Å². The molecule has 0 atom stereocenters. The number of carboxylic acid groups (broad SMARTS) is 1. The minimum atomic E-state index is -0.711. The predicted molar refractivity (Wildman–Crippen MR) is 53.8 cm³/mol. The van der Waals surface area contributed by atoms with Gasteiger partial charge in [-0.15, -0.1) is 0 Å². The molecule has 0 aromatic heterocycles. The first-order chi connectivity index (χ1) is 5.90. The Labute approximate surface area is 80.7 Å². The van der Waals surface area contributed by atoms with Crippen LogP contribution in [-0.2, 0) is 4.79 Å². The highest BCUT2D eigenvalue weighted by molar-refractivity contribution is 5.73. The Morgan fingerprint density at radius 3 is 2.31 bits per heavy atom. The predicted octanol–water partition coefficient (Wildman–Crippen LogP) is 1.83. The van der Waals surface area contributed by atoms with E-state index in [1.54, 1.807) is 13.8 Å². The van der Waals surface area contributed by atoms with Crippen molar-refractivity contribution < 1.29 is 9.90 Å². The first kappa shape index (κ1) is 12.4. The van der Waals surface area contributed by atoms with Crippen molar-refractivity contribution in [2.45, 2.75) is 33.6 Å². The van der Waals surface area contributed by atoms with Crippen molar-refractivity contribution in [1.29, 1.82) is 0 Å². The molecule has 0 aliphatic heterocycles. The lowest BCUT2D eigenvalue weighted by atomic mass is 9.89. The van der Waals surface area contributed by atoms with E-state index in [4.69, 9.17) is 5.11 Å². The van der Waals surface area contributed by atoms with E-state index < -0.39 is 11.4 Å². The van der Waals surface area contributed by atoms with Gasteiger partial charge in [0.15, 0.2) is 0 Å². The lowest BCUT2D eigenvalue weighted by molar-refractivity contribution is -0.147. The smallest absolute Gasteiger partial charge is 0.309 e. The standard InChI is InChI=1S/C10H21NO2/c1-5-7-11(4)8-6-10(2,3)9(12)13/h5-8H2,1-4H3,(H,12,13). The summed E-state index contributed by atoms with van der Waals surface area (Å²) in [6.07, 6.45) is 1.82. The van der Waals surface area contributed by atoms with Gasteiger partial charge >= 0.3 is 5.97 Å². The Kier molecular flexibility index (Phi) is 4.99. The molecule has 78 valence electrons. The van der Waals surface area contributed by atoms with E-state index in [9.17, 15) is 4.79 Å². The molecule has 3 heteroatoms. The second kappa shape index (κ2) is 5.22. The van der Waals surface area contributed by atoms with Crippen LogP contribution >= 0.6 is 0 Å². The van der Waals surface area contributed by atoms with Crippen LogP contribution in [0.1, 0.15) is 33.6 Å². The summed E-state index contributed by atoms with van der Waals surface area (Å²) < 4.78 is 0. The van der Waals surface area contributed by atoms with Crippen molar-refractivity contribution in [2.24, 2.45) is 5.41 Å². The normalized spacial score (nSPS) is 12.1. The third kappa shape index (κ3) is 4.88. The summed E-state index contributed by atoms with van der Waals surface area (Å²) in [5, 5.41) is 8.87. The molecular weight excluding hydrogens is 166 g/mol. The summed E-state index contributed by atoms with van der Waals surface area (Å²) in [6.45, 7) is 7.56. The first-order valence-electron chi connectivity index (χ1n) is 4.82. The zero-order valence-electron chi connectivity index (χ0n) is 9.13. The van der Waals surface area contributed by atoms with E-state index in [1.165, 1.54) is 0 Å². The van der Waals surface area contributed by atoms with Gasteiger partial charge in [0, 0.05) is 0 Å². The molecule has 0 bridgehead atoms. The van der Waals surface area contributed by atoms with Crippen molar-refractivity contribution in [1.82, 2.24) is 4.90 Å². The van der Waals surface area contributed by atoms with Gasteiger partial charge in [-0.25, -0.2) is 0 Å². The number of aliphatic carboxylic acids is 1. The number of carboxylic acids is 1. The molecule has 0 amide bonds. The fourth-order valence-electron chi connectivity index (χ4n) is 1.07. The molecule has 3 nitrogen and oxygen atoms in total. The van der Waals surface area contributed by atoms with E-state index in [0.29, 0.717) is 6.42 Å². The van der Waals surface area contributed by atoms with E-state index >= 15 is 0 Å². The molecule has 0 aliphatic rings. The number of rotatable bonds is 6. The molecule has 0 fully saturated rings. The summed E-state index contributed by atoms with van der Waals surface area (Å²) in [5.41, 5.74) is -0.595.